The topological polar surface area (TPSA) is 61.2 Å². The monoisotopic (exact) mass is 440 g/mol. The van der Waals surface area contributed by atoms with Crippen LogP contribution < -0.4 is 10.7 Å². The minimum absolute atomic E-state index is 0.227. The van der Waals surface area contributed by atoms with Gasteiger partial charge in [-0.3, -0.25) is 9.59 Å². The van der Waals surface area contributed by atoms with E-state index < -0.39 is 29.7 Å². The fourth-order valence-electron chi connectivity index (χ4n) is 3.38. The molecule has 2 amide bonds. The molecule has 1 aliphatic heterocycles. The highest BCUT2D eigenvalue weighted by Crippen LogP contribution is 2.26. The summed E-state index contributed by atoms with van der Waals surface area (Å²) < 4.78 is 28.0. The molecule has 0 saturated carbocycles. The van der Waals surface area contributed by atoms with E-state index in [1.807, 2.05) is 0 Å². The van der Waals surface area contributed by atoms with Crippen LogP contribution >= 0.6 is 11.6 Å². The lowest BCUT2D eigenvalue weighted by Gasteiger charge is -2.15. The number of hydrogen-bond donors (Lipinski definition) is 2. The van der Waals surface area contributed by atoms with Crippen molar-refractivity contribution in [2.75, 3.05) is 0 Å². The number of benzene rings is 3. The van der Waals surface area contributed by atoms with Gasteiger partial charge >= 0.3 is 5.91 Å². The SMILES string of the molecule is O=C(N[C@@H]1C(=O)N/[N+](=C\c2ccc(F)cc2)[C@@H]1c1ccc(Cl)cc1)c1ccc(F)cc1. The van der Waals surface area contributed by atoms with Gasteiger partial charge in [-0.2, -0.15) is 0 Å². The van der Waals surface area contributed by atoms with Crippen LogP contribution in [0.15, 0.2) is 72.8 Å². The average molecular weight is 441 g/mol. The van der Waals surface area contributed by atoms with Crippen molar-refractivity contribution in [3.05, 3.63) is 106 Å². The van der Waals surface area contributed by atoms with Gasteiger partial charge in [-0.05, 0) is 60.7 Å². The zero-order valence-electron chi connectivity index (χ0n) is 16.1. The van der Waals surface area contributed by atoms with E-state index in [0.717, 1.165) is 5.56 Å². The van der Waals surface area contributed by atoms with Crippen molar-refractivity contribution in [3.63, 3.8) is 0 Å². The number of rotatable bonds is 4. The predicted molar refractivity (Wildman–Crippen MR) is 112 cm³/mol. The molecule has 0 bridgehead atoms. The molecule has 156 valence electrons. The number of hydrazone groups is 1. The molecular weight excluding hydrogens is 424 g/mol. The summed E-state index contributed by atoms with van der Waals surface area (Å²) in [5.74, 6) is -1.77. The van der Waals surface area contributed by atoms with Gasteiger partial charge in [0.25, 0.3) is 5.91 Å². The third-order valence-electron chi connectivity index (χ3n) is 4.90. The van der Waals surface area contributed by atoms with E-state index in [0.29, 0.717) is 10.6 Å². The number of hydrazine groups is 1. The minimum atomic E-state index is -0.935. The number of nitrogens with one attached hydrogen (secondary N) is 2. The van der Waals surface area contributed by atoms with Crippen LogP contribution in [-0.2, 0) is 4.79 Å². The second kappa shape index (κ2) is 8.65. The standard InChI is InChI=1S/C23H16ClF2N3O2/c24-17-7-3-15(4-8-17)21-20(27-22(30)16-5-11-19(26)12-6-16)23(31)28-29(21)13-14-1-9-18(25)10-2-14/h1-13,20-21H,(H-,27,28,30,31)/p+1/b29-13-/t20-,21+/m0/s1. The molecule has 2 atom stereocenters. The largest absolute Gasteiger partial charge is 0.334 e. The third kappa shape index (κ3) is 4.62. The van der Waals surface area contributed by atoms with Crippen LogP contribution in [0.4, 0.5) is 8.78 Å². The molecule has 1 heterocycles. The van der Waals surface area contributed by atoms with Gasteiger partial charge in [0, 0.05) is 21.7 Å². The normalized spacial score (nSPS) is 19.3. The summed E-state index contributed by atoms with van der Waals surface area (Å²) in [6.45, 7) is 0. The first-order valence-electron chi connectivity index (χ1n) is 9.42. The third-order valence-corrected chi connectivity index (χ3v) is 5.15. The van der Waals surface area contributed by atoms with Gasteiger partial charge in [0.05, 0.1) is 0 Å². The van der Waals surface area contributed by atoms with Gasteiger partial charge in [-0.15, -0.1) is 10.1 Å². The molecule has 1 fully saturated rings. The van der Waals surface area contributed by atoms with Gasteiger partial charge in [-0.25, -0.2) is 8.78 Å². The molecule has 1 saturated heterocycles. The molecule has 0 aliphatic carbocycles. The summed E-state index contributed by atoms with van der Waals surface area (Å²) in [6.07, 6.45) is 1.65. The number of carbonyl (C=O) groups is 2. The number of amides is 2. The molecule has 0 spiro atoms. The summed E-state index contributed by atoms with van der Waals surface area (Å²) in [7, 11) is 0. The molecule has 3 aromatic carbocycles. The quantitative estimate of drug-likeness (QED) is 0.608. The summed E-state index contributed by atoms with van der Waals surface area (Å²) in [5, 5.41) is 3.25. The first kappa shape index (κ1) is 20.7. The molecule has 8 heteroatoms. The molecule has 1 aliphatic rings. The Labute approximate surface area is 181 Å². The predicted octanol–water partition coefficient (Wildman–Crippen LogP) is 3.63. The fourth-order valence-corrected chi connectivity index (χ4v) is 3.50. The van der Waals surface area contributed by atoms with E-state index in [1.54, 1.807) is 47.3 Å². The van der Waals surface area contributed by atoms with Crippen LogP contribution in [0.5, 0.6) is 0 Å². The first-order chi connectivity index (χ1) is 14.9. The fraction of sp³-hybridized carbons (Fsp3) is 0.0870. The Balaban J connectivity index is 1.69. The highest BCUT2D eigenvalue weighted by molar-refractivity contribution is 6.30. The van der Waals surface area contributed by atoms with Crippen LogP contribution in [0, 0.1) is 11.6 Å². The molecule has 0 aromatic heterocycles. The summed E-state index contributed by atoms with van der Waals surface area (Å²) >= 11 is 6.00. The smallest absolute Gasteiger partial charge is 0.304 e. The zero-order valence-corrected chi connectivity index (χ0v) is 16.8. The van der Waals surface area contributed by atoms with Gasteiger partial charge in [0.1, 0.15) is 11.6 Å². The Hall–Kier alpha value is -3.58. The molecule has 0 unspecified atom stereocenters. The molecule has 3 aromatic rings. The first-order valence-corrected chi connectivity index (χ1v) is 9.80. The molecule has 31 heavy (non-hydrogen) atoms. The highest BCUT2D eigenvalue weighted by atomic mass is 35.5. The van der Waals surface area contributed by atoms with Crippen molar-refractivity contribution >= 4 is 29.6 Å². The lowest BCUT2D eigenvalue weighted by atomic mass is 10.00. The second-order valence-electron chi connectivity index (χ2n) is 7.02. The van der Waals surface area contributed by atoms with E-state index in [9.17, 15) is 18.4 Å². The van der Waals surface area contributed by atoms with Crippen LogP contribution in [0.1, 0.15) is 27.5 Å². The van der Waals surface area contributed by atoms with Gasteiger partial charge < -0.3 is 5.32 Å². The molecule has 4 rings (SSSR count). The molecular formula is C23H17ClF2N3O2+. The van der Waals surface area contributed by atoms with E-state index in [4.69, 9.17) is 11.6 Å². The van der Waals surface area contributed by atoms with Crippen molar-refractivity contribution in [2.45, 2.75) is 12.1 Å². The number of hydrogen-bond acceptors (Lipinski definition) is 2. The Bertz CT molecular complexity index is 1150. The minimum Gasteiger partial charge on any atom is -0.334 e. The van der Waals surface area contributed by atoms with E-state index in [-0.39, 0.29) is 11.4 Å². The summed E-state index contributed by atoms with van der Waals surface area (Å²) in [4.78, 5) is 25.5. The summed E-state index contributed by atoms with van der Waals surface area (Å²) in [6, 6.07) is 16.2. The van der Waals surface area contributed by atoms with E-state index in [1.165, 1.54) is 36.4 Å². The Morgan fingerprint density at radius 3 is 2.13 bits per heavy atom. The van der Waals surface area contributed by atoms with E-state index in [2.05, 4.69) is 10.7 Å². The number of halogens is 3. The summed E-state index contributed by atoms with van der Waals surface area (Å²) in [5.41, 5.74) is 4.35. The van der Waals surface area contributed by atoms with Crippen molar-refractivity contribution in [1.29, 1.82) is 0 Å². The van der Waals surface area contributed by atoms with Crippen molar-refractivity contribution < 1.29 is 23.1 Å². The molecule has 2 N–H and O–H groups in total. The van der Waals surface area contributed by atoms with Gasteiger partial charge in [0.15, 0.2) is 6.04 Å². The maximum absolute atomic E-state index is 13.3. The zero-order chi connectivity index (χ0) is 22.0. The highest BCUT2D eigenvalue weighted by Gasteiger charge is 2.47. The lowest BCUT2D eigenvalue weighted by Crippen LogP contribution is -2.42. The Kier molecular flexibility index (Phi) is 5.77. The van der Waals surface area contributed by atoms with Crippen LogP contribution in [0.3, 0.4) is 0 Å². The van der Waals surface area contributed by atoms with Gasteiger partial charge in [0.2, 0.25) is 12.3 Å². The molecule has 0 radical (unpaired) electrons. The Morgan fingerprint density at radius 1 is 0.935 bits per heavy atom. The van der Waals surface area contributed by atoms with Crippen LogP contribution in [0.25, 0.3) is 0 Å². The van der Waals surface area contributed by atoms with E-state index >= 15 is 0 Å². The van der Waals surface area contributed by atoms with Crippen molar-refractivity contribution in [3.8, 4) is 0 Å². The van der Waals surface area contributed by atoms with Crippen molar-refractivity contribution in [1.82, 2.24) is 10.7 Å². The number of nitrogens with zero attached hydrogens (tertiary/aromatic N) is 1. The maximum Gasteiger partial charge on any atom is 0.304 e. The van der Waals surface area contributed by atoms with Gasteiger partial charge in [-0.1, -0.05) is 23.7 Å². The van der Waals surface area contributed by atoms with Crippen LogP contribution in [0.2, 0.25) is 5.02 Å². The van der Waals surface area contributed by atoms with Crippen LogP contribution in [-0.4, -0.2) is 28.8 Å². The molecule has 5 nitrogen and oxygen atoms in total. The number of carbonyl (C=O) groups excluding carboxylic acids is 2. The van der Waals surface area contributed by atoms with Crippen molar-refractivity contribution in [2.24, 2.45) is 0 Å². The lowest BCUT2D eigenvalue weighted by molar-refractivity contribution is -0.596. The Morgan fingerprint density at radius 2 is 1.52 bits per heavy atom. The second-order valence-corrected chi connectivity index (χ2v) is 7.45. The maximum atomic E-state index is 13.3. The average Bonchev–Trinajstić information content (AvgIpc) is 3.05.